The van der Waals surface area contributed by atoms with Crippen molar-refractivity contribution in [2.45, 2.75) is 25.7 Å². The van der Waals surface area contributed by atoms with Crippen molar-refractivity contribution in [3.8, 4) is 0 Å². The van der Waals surface area contributed by atoms with E-state index >= 15 is 0 Å². The minimum absolute atomic E-state index is 0.632. The number of anilines is 1. The summed E-state index contributed by atoms with van der Waals surface area (Å²) in [4.78, 5) is 38.1. The summed E-state index contributed by atoms with van der Waals surface area (Å²) in [7, 11) is -4.64. The lowest BCUT2D eigenvalue weighted by Crippen LogP contribution is -2.32. The standard InChI is InChI=1S/C16H21N3O.H3O4P/c1-2-19-7-5-12(6-8-19)16-10-13-9-14(17-11-20)3-4-15(13)18-16;1-5(2,3)4/h3-4,9-12,18H,2,5-8H2,1H3,(H,17,20);(H3,1,2,3,4). The monoisotopic (exact) mass is 369 g/mol. The third kappa shape index (κ3) is 6.26. The lowest BCUT2D eigenvalue weighted by molar-refractivity contribution is -0.105. The van der Waals surface area contributed by atoms with E-state index in [0.717, 1.165) is 24.2 Å². The van der Waals surface area contributed by atoms with Crippen molar-refractivity contribution in [3.05, 3.63) is 30.0 Å². The maximum absolute atomic E-state index is 10.5. The van der Waals surface area contributed by atoms with Gasteiger partial charge in [-0.15, -0.1) is 0 Å². The van der Waals surface area contributed by atoms with Gasteiger partial charge >= 0.3 is 7.82 Å². The Hall–Kier alpha value is -1.70. The van der Waals surface area contributed by atoms with Gasteiger partial charge in [0.05, 0.1) is 0 Å². The van der Waals surface area contributed by atoms with Gasteiger partial charge in [-0.05, 0) is 56.7 Å². The van der Waals surface area contributed by atoms with E-state index in [2.05, 4.69) is 28.2 Å². The van der Waals surface area contributed by atoms with Crippen molar-refractivity contribution in [2.75, 3.05) is 25.0 Å². The molecule has 0 aliphatic carbocycles. The van der Waals surface area contributed by atoms with Crippen LogP contribution in [0.3, 0.4) is 0 Å². The van der Waals surface area contributed by atoms with Crippen LogP contribution in [0.15, 0.2) is 24.3 Å². The number of hydrogen-bond donors (Lipinski definition) is 5. The minimum Gasteiger partial charge on any atom is -0.358 e. The second kappa shape index (κ2) is 8.60. The zero-order chi connectivity index (χ0) is 18.4. The largest absolute Gasteiger partial charge is 0.466 e. The molecule has 1 saturated heterocycles. The molecule has 3 rings (SSSR count). The highest BCUT2D eigenvalue weighted by molar-refractivity contribution is 7.45. The molecule has 0 bridgehead atoms. The zero-order valence-electron chi connectivity index (χ0n) is 14.1. The van der Waals surface area contributed by atoms with Gasteiger partial charge in [-0.3, -0.25) is 4.79 Å². The van der Waals surface area contributed by atoms with E-state index in [1.807, 2.05) is 18.2 Å². The molecule has 25 heavy (non-hydrogen) atoms. The number of rotatable bonds is 4. The van der Waals surface area contributed by atoms with Crippen LogP contribution in [-0.4, -0.2) is 50.6 Å². The van der Waals surface area contributed by atoms with E-state index in [0.29, 0.717) is 5.92 Å². The smallest absolute Gasteiger partial charge is 0.358 e. The van der Waals surface area contributed by atoms with Crippen molar-refractivity contribution in [1.29, 1.82) is 0 Å². The SMILES string of the molecule is CCN1CCC(c2cc3cc(NC=O)ccc3[nH]2)CC1.O=P(O)(O)O. The molecule has 138 valence electrons. The van der Waals surface area contributed by atoms with Crippen LogP contribution < -0.4 is 5.32 Å². The van der Waals surface area contributed by atoms with Gasteiger partial charge in [0.25, 0.3) is 0 Å². The van der Waals surface area contributed by atoms with E-state index in [4.69, 9.17) is 19.2 Å². The van der Waals surface area contributed by atoms with Gasteiger partial charge in [-0.25, -0.2) is 4.57 Å². The summed E-state index contributed by atoms with van der Waals surface area (Å²) in [5.74, 6) is 0.632. The number of phosphoric acid groups is 1. The molecule has 1 aliphatic heterocycles. The molecule has 5 N–H and O–H groups in total. The molecule has 8 nitrogen and oxygen atoms in total. The van der Waals surface area contributed by atoms with E-state index in [1.54, 1.807) is 0 Å². The Labute approximate surface area is 146 Å². The number of hydrogen-bond acceptors (Lipinski definition) is 3. The average Bonchev–Trinajstić information content (AvgIpc) is 2.97. The molecule has 9 heteroatoms. The Balaban J connectivity index is 0.000000399. The summed E-state index contributed by atoms with van der Waals surface area (Å²) in [5, 5.41) is 3.87. The molecule has 0 spiro atoms. The molecule has 0 unspecified atom stereocenters. The molecule has 0 saturated carbocycles. The first-order valence-corrected chi connectivity index (χ1v) is 9.70. The van der Waals surface area contributed by atoms with E-state index in [-0.39, 0.29) is 0 Å². The van der Waals surface area contributed by atoms with Crippen molar-refractivity contribution in [2.24, 2.45) is 0 Å². The number of benzene rings is 1. The summed E-state index contributed by atoms with van der Waals surface area (Å²) in [6.45, 7) is 5.76. The molecule has 1 aromatic carbocycles. The van der Waals surface area contributed by atoms with Gasteiger partial charge < -0.3 is 29.9 Å². The Morgan fingerprint density at radius 3 is 2.48 bits per heavy atom. The summed E-state index contributed by atoms with van der Waals surface area (Å²) in [6.07, 6.45) is 3.16. The maximum atomic E-state index is 10.5. The van der Waals surface area contributed by atoms with Crippen LogP contribution in [0, 0.1) is 0 Å². The second-order valence-corrected chi connectivity index (χ2v) is 7.04. The highest BCUT2D eigenvalue weighted by atomic mass is 31.2. The van der Waals surface area contributed by atoms with Crippen LogP contribution in [0.4, 0.5) is 5.69 Å². The topological polar surface area (TPSA) is 126 Å². The Morgan fingerprint density at radius 1 is 1.28 bits per heavy atom. The lowest BCUT2D eigenvalue weighted by atomic mass is 9.93. The van der Waals surface area contributed by atoms with Crippen molar-refractivity contribution in [1.82, 2.24) is 9.88 Å². The molecule has 2 heterocycles. The highest BCUT2D eigenvalue weighted by Gasteiger charge is 2.20. The third-order valence-corrected chi connectivity index (χ3v) is 4.34. The molecule has 1 aromatic heterocycles. The average molecular weight is 369 g/mol. The molecular weight excluding hydrogens is 345 g/mol. The minimum atomic E-state index is -4.64. The van der Waals surface area contributed by atoms with Gasteiger partial charge in [0.1, 0.15) is 0 Å². The predicted octanol–water partition coefficient (Wildman–Crippen LogP) is 2.01. The zero-order valence-corrected chi connectivity index (χ0v) is 14.9. The molecule has 0 radical (unpaired) electrons. The summed E-state index contributed by atoms with van der Waals surface area (Å²) in [5.41, 5.74) is 3.33. The van der Waals surface area contributed by atoms with Crippen LogP contribution in [-0.2, 0) is 9.36 Å². The summed E-state index contributed by atoms with van der Waals surface area (Å²) < 4.78 is 8.88. The van der Waals surface area contributed by atoms with Gasteiger partial charge in [-0.2, -0.15) is 0 Å². The number of aromatic amines is 1. The summed E-state index contributed by atoms with van der Waals surface area (Å²) in [6, 6.07) is 8.21. The molecule has 0 atom stereocenters. The molecule has 1 aliphatic rings. The molecule has 1 fully saturated rings. The van der Waals surface area contributed by atoms with Crippen molar-refractivity contribution in [3.63, 3.8) is 0 Å². The van der Waals surface area contributed by atoms with Crippen LogP contribution in [0.5, 0.6) is 0 Å². The number of likely N-dealkylation sites (tertiary alicyclic amines) is 1. The van der Waals surface area contributed by atoms with E-state index in [1.165, 1.54) is 37.0 Å². The quantitative estimate of drug-likeness (QED) is 0.415. The number of piperidine rings is 1. The first-order valence-electron chi connectivity index (χ1n) is 8.13. The number of aromatic nitrogens is 1. The Bertz CT molecular complexity index is 741. The fourth-order valence-electron chi connectivity index (χ4n) is 3.09. The van der Waals surface area contributed by atoms with Gasteiger partial charge in [0.2, 0.25) is 6.41 Å². The molecule has 1 amide bonds. The van der Waals surface area contributed by atoms with Crippen LogP contribution >= 0.6 is 7.82 Å². The van der Waals surface area contributed by atoms with Gasteiger partial charge in [0, 0.05) is 28.2 Å². The fourth-order valence-corrected chi connectivity index (χ4v) is 3.09. The number of H-pyrrole nitrogens is 1. The highest BCUT2D eigenvalue weighted by Crippen LogP contribution is 2.30. The van der Waals surface area contributed by atoms with E-state index < -0.39 is 7.82 Å². The van der Waals surface area contributed by atoms with Crippen LogP contribution in [0.1, 0.15) is 31.4 Å². The third-order valence-electron chi connectivity index (χ3n) is 4.34. The number of nitrogens with zero attached hydrogens (tertiary/aromatic N) is 1. The molecular formula is C16H24N3O5P. The van der Waals surface area contributed by atoms with Crippen LogP contribution in [0.25, 0.3) is 10.9 Å². The Morgan fingerprint density at radius 2 is 1.92 bits per heavy atom. The van der Waals surface area contributed by atoms with E-state index in [9.17, 15) is 4.79 Å². The van der Waals surface area contributed by atoms with Crippen LogP contribution in [0.2, 0.25) is 0 Å². The first-order chi connectivity index (χ1) is 11.8. The second-order valence-electron chi connectivity index (χ2n) is 6.01. The molecule has 2 aromatic rings. The number of nitrogens with one attached hydrogen (secondary N) is 2. The van der Waals surface area contributed by atoms with Gasteiger partial charge in [0.15, 0.2) is 0 Å². The normalized spacial score (nSPS) is 16.3. The lowest BCUT2D eigenvalue weighted by Gasteiger charge is -2.30. The fraction of sp³-hybridized carbons (Fsp3) is 0.438. The number of fused-ring (bicyclic) bond motifs is 1. The van der Waals surface area contributed by atoms with Crippen molar-refractivity contribution >= 4 is 30.8 Å². The number of carbonyl (C=O) groups is 1. The predicted molar refractivity (Wildman–Crippen MR) is 96.3 cm³/mol. The number of carbonyl (C=O) groups excluding carboxylic acids is 1. The Kier molecular flexibility index (Phi) is 6.75. The number of amides is 1. The summed E-state index contributed by atoms with van der Waals surface area (Å²) >= 11 is 0. The van der Waals surface area contributed by atoms with Crippen molar-refractivity contribution < 1.29 is 24.0 Å². The first kappa shape index (κ1) is 19.6. The van der Waals surface area contributed by atoms with Gasteiger partial charge in [-0.1, -0.05) is 6.92 Å². The maximum Gasteiger partial charge on any atom is 0.466 e.